The highest BCUT2D eigenvalue weighted by atomic mass is 79.9. The molecule has 1 aliphatic rings. The molecular weight excluding hydrogens is 348 g/mol. The van der Waals surface area contributed by atoms with Gasteiger partial charge in [-0.05, 0) is 57.0 Å². The van der Waals surface area contributed by atoms with E-state index in [0.29, 0.717) is 5.92 Å². The summed E-state index contributed by atoms with van der Waals surface area (Å²) >= 11 is 6.82. The van der Waals surface area contributed by atoms with Crippen LogP contribution in [0.3, 0.4) is 0 Å². The molecule has 1 aliphatic carbocycles. The van der Waals surface area contributed by atoms with E-state index in [4.69, 9.17) is 4.74 Å². The van der Waals surface area contributed by atoms with Crippen molar-refractivity contribution in [2.45, 2.75) is 38.2 Å². The van der Waals surface area contributed by atoms with Crippen LogP contribution in [0, 0.1) is 5.92 Å². The third kappa shape index (κ3) is 2.88. The molecule has 1 aromatic rings. The van der Waals surface area contributed by atoms with Crippen LogP contribution in [-0.2, 0) is 10.3 Å². The summed E-state index contributed by atoms with van der Waals surface area (Å²) in [6, 6.07) is 1.85. The van der Waals surface area contributed by atoms with E-state index in [0.717, 1.165) is 27.9 Å². The molecule has 2 unspecified atom stereocenters. The molecule has 94 valence electrons. The van der Waals surface area contributed by atoms with Crippen LogP contribution in [0.25, 0.3) is 0 Å². The molecule has 0 N–H and O–H groups in total. The van der Waals surface area contributed by atoms with E-state index in [2.05, 4.69) is 48.8 Å². The Kier molecular flexibility index (Phi) is 4.21. The first-order valence-corrected chi connectivity index (χ1v) is 7.40. The molecule has 0 saturated heterocycles. The molecule has 17 heavy (non-hydrogen) atoms. The van der Waals surface area contributed by atoms with Crippen molar-refractivity contribution in [3.8, 4) is 0 Å². The second-order valence-corrected chi connectivity index (χ2v) is 6.36. The van der Waals surface area contributed by atoms with Crippen molar-refractivity contribution >= 4 is 31.9 Å². The lowest BCUT2D eigenvalue weighted by molar-refractivity contribution is -0.0648. The molecule has 1 heterocycles. The average molecular weight is 364 g/mol. The third-order valence-corrected chi connectivity index (χ3v) is 4.23. The predicted molar refractivity (Wildman–Crippen MR) is 73.8 cm³/mol. The average Bonchev–Trinajstić information content (AvgIpc) is 2.27. The van der Waals surface area contributed by atoms with Gasteiger partial charge in [0.25, 0.3) is 0 Å². The molecule has 1 aromatic heterocycles. The lowest BCUT2D eigenvalue weighted by atomic mass is 9.78. The van der Waals surface area contributed by atoms with Crippen molar-refractivity contribution in [3.05, 3.63) is 21.1 Å². The number of hydrogen-bond acceptors (Lipinski definition) is 3. The summed E-state index contributed by atoms with van der Waals surface area (Å²) in [5.74, 6) is 1.44. The fourth-order valence-corrected chi connectivity index (χ4v) is 3.65. The molecule has 0 radical (unpaired) electrons. The molecule has 0 aromatic carbocycles. The van der Waals surface area contributed by atoms with Crippen LogP contribution in [-0.4, -0.2) is 17.1 Å². The van der Waals surface area contributed by atoms with Crippen LogP contribution < -0.4 is 0 Å². The van der Waals surface area contributed by atoms with E-state index < -0.39 is 0 Å². The lowest BCUT2D eigenvalue weighted by Gasteiger charge is -2.37. The van der Waals surface area contributed by atoms with Crippen molar-refractivity contribution in [2.75, 3.05) is 7.11 Å². The molecule has 3 nitrogen and oxygen atoms in total. The number of rotatable bonds is 2. The molecule has 5 heteroatoms. The zero-order chi connectivity index (χ0) is 12.5. The minimum atomic E-state index is -0.316. The Balaban J connectivity index is 2.39. The lowest BCUT2D eigenvalue weighted by Crippen LogP contribution is -2.36. The number of nitrogens with zero attached hydrogens (tertiary/aromatic N) is 2. The van der Waals surface area contributed by atoms with Gasteiger partial charge in [-0.2, -0.15) is 0 Å². The van der Waals surface area contributed by atoms with E-state index in [1.54, 1.807) is 7.11 Å². The van der Waals surface area contributed by atoms with Gasteiger partial charge < -0.3 is 4.74 Å². The minimum Gasteiger partial charge on any atom is -0.370 e. The summed E-state index contributed by atoms with van der Waals surface area (Å²) in [6.07, 6.45) is 4.42. The highest BCUT2D eigenvalue weighted by Gasteiger charge is 2.39. The summed E-state index contributed by atoms with van der Waals surface area (Å²) in [7, 11) is 1.76. The van der Waals surface area contributed by atoms with Crippen molar-refractivity contribution in [3.63, 3.8) is 0 Å². The predicted octanol–water partition coefficient (Wildman–Crippen LogP) is 4.05. The Hall–Kier alpha value is -0.0000000000000000555. The van der Waals surface area contributed by atoms with E-state index in [-0.39, 0.29) is 5.60 Å². The van der Waals surface area contributed by atoms with E-state index in [1.807, 2.05) is 6.07 Å². The number of ether oxygens (including phenoxy) is 1. The van der Waals surface area contributed by atoms with Crippen LogP contribution in [0.4, 0.5) is 0 Å². The van der Waals surface area contributed by atoms with Gasteiger partial charge in [-0.1, -0.05) is 13.3 Å². The summed E-state index contributed by atoms with van der Waals surface area (Å²) in [6.45, 7) is 2.26. The highest BCUT2D eigenvalue weighted by Crippen LogP contribution is 2.41. The second kappa shape index (κ2) is 5.33. The Morgan fingerprint density at radius 2 is 2.00 bits per heavy atom. The Labute approximate surface area is 119 Å². The summed E-state index contributed by atoms with van der Waals surface area (Å²) in [5, 5.41) is 0. The van der Waals surface area contributed by atoms with Crippen LogP contribution in [0.2, 0.25) is 0 Å². The van der Waals surface area contributed by atoms with Gasteiger partial charge in [-0.15, -0.1) is 0 Å². The van der Waals surface area contributed by atoms with Gasteiger partial charge in [0, 0.05) is 13.2 Å². The molecule has 1 fully saturated rings. The van der Waals surface area contributed by atoms with Crippen LogP contribution in [0.15, 0.2) is 15.3 Å². The van der Waals surface area contributed by atoms with Crippen LogP contribution in [0.5, 0.6) is 0 Å². The topological polar surface area (TPSA) is 35.0 Å². The molecule has 0 spiro atoms. The van der Waals surface area contributed by atoms with Gasteiger partial charge in [0.15, 0.2) is 5.82 Å². The van der Waals surface area contributed by atoms with Gasteiger partial charge in [-0.25, -0.2) is 9.97 Å². The SMILES string of the molecule is COC1(c2nc(Br)cc(Br)n2)CCCC(C)C1. The van der Waals surface area contributed by atoms with Crippen molar-refractivity contribution in [1.29, 1.82) is 0 Å². The zero-order valence-electron chi connectivity index (χ0n) is 10.0. The Morgan fingerprint density at radius 3 is 2.53 bits per heavy atom. The zero-order valence-corrected chi connectivity index (χ0v) is 13.2. The number of aromatic nitrogens is 2. The largest absolute Gasteiger partial charge is 0.370 e. The first-order chi connectivity index (χ1) is 8.05. The van der Waals surface area contributed by atoms with Gasteiger partial charge in [-0.3, -0.25) is 0 Å². The number of halogens is 2. The smallest absolute Gasteiger partial charge is 0.162 e. The van der Waals surface area contributed by atoms with Gasteiger partial charge in [0.2, 0.25) is 0 Å². The number of hydrogen-bond donors (Lipinski definition) is 0. The Bertz CT molecular complexity index is 393. The molecule has 2 atom stereocenters. The summed E-state index contributed by atoms with van der Waals surface area (Å²) < 4.78 is 7.37. The maximum absolute atomic E-state index is 5.78. The van der Waals surface area contributed by atoms with Crippen LogP contribution >= 0.6 is 31.9 Å². The second-order valence-electron chi connectivity index (χ2n) is 4.74. The number of methoxy groups -OCH3 is 1. The third-order valence-electron chi connectivity index (χ3n) is 3.42. The van der Waals surface area contributed by atoms with Gasteiger partial charge in [0.05, 0.1) is 0 Å². The molecule has 0 bridgehead atoms. The first-order valence-electron chi connectivity index (χ1n) is 5.81. The molecule has 0 amide bonds. The summed E-state index contributed by atoms with van der Waals surface area (Å²) in [4.78, 5) is 8.97. The first kappa shape index (κ1) is 13.4. The molecule has 0 aliphatic heterocycles. The normalized spacial score (nSPS) is 29.3. The van der Waals surface area contributed by atoms with Gasteiger partial charge in [0.1, 0.15) is 14.8 Å². The fourth-order valence-electron chi connectivity index (χ4n) is 2.58. The van der Waals surface area contributed by atoms with Crippen molar-refractivity contribution in [2.24, 2.45) is 5.92 Å². The van der Waals surface area contributed by atoms with E-state index in [9.17, 15) is 0 Å². The Morgan fingerprint density at radius 1 is 1.35 bits per heavy atom. The summed E-state index contributed by atoms with van der Waals surface area (Å²) in [5.41, 5.74) is -0.316. The maximum Gasteiger partial charge on any atom is 0.162 e. The van der Waals surface area contributed by atoms with Crippen LogP contribution in [0.1, 0.15) is 38.4 Å². The van der Waals surface area contributed by atoms with E-state index in [1.165, 1.54) is 12.8 Å². The molecule has 1 saturated carbocycles. The maximum atomic E-state index is 5.78. The fraction of sp³-hybridized carbons (Fsp3) is 0.667. The molecular formula is C12H16Br2N2O. The highest BCUT2D eigenvalue weighted by molar-refractivity contribution is 9.11. The quantitative estimate of drug-likeness (QED) is 0.743. The van der Waals surface area contributed by atoms with Crippen molar-refractivity contribution < 1.29 is 4.74 Å². The van der Waals surface area contributed by atoms with Crippen molar-refractivity contribution in [1.82, 2.24) is 9.97 Å². The monoisotopic (exact) mass is 362 g/mol. The van der Waals surface area contributed by atoms with E-state index >= 15 is 0 Å². The molecule has 2 rings (SSSR count). The standard InChI is InChI=1S/C12H16Br2N2O/c1-8-4-3-5-12(7-8,17-2)11-15-9(13)6-10(14)16-11/h6,8H,3-5,7H2,1-2H3. The van der Waals surface area contributed by atoms with Gasteiger partial charge >= 0.3 is 0 Å². The minimum absolute atomic E-state index is 0.316.